The number of hydrogen-bond acceptors (Lipinski definition) is 8. The highest BCUT2D eigenvalue weighted by Crippen LogP contribution is 2.43. The Hall–Kier alpha value is -2.24. The van der Waals surface area contributed by atoms with Gasteiger partial charge in [-0.3, -0.25) is 4.90 Å². The first-order valence-corrected chi connectivity index (χ1v) is 16.3. The number of nitrogens with one attached hydrogen (secondary N) is 1. The molecule has 0 amide bonds. The van der Waals surface area contributed by atoms with Crippen molar-refractivity contribution in [2.24, 2.45) is 10.2 Å². The normalized spacial score (nSPS) is 18.5. The second-order valence-corrected chi connectivity index (χ2v) is 14.5. The lowest BCUT2D eigenvalue weighted by molar-refractivity contribution is 0.0152. The van der Waals surface area contributed by atoms with Crippen LogP contribution in [0.4, 0.5) is 20.4 Å². The molecule has 1 aromatic carbocycles. The molecule has 236 valence electrons. The van der Waals surface area contributed by atoms with E-state index in [1.807, 2.05) is 23.7 Å². The molecule has 1 N–H and O–H groups in total. The summed E-state index contributed by atoms with van der Waals surface area (Å²) in [6.07, 6.45) is 7.01. The zero-order valence-corrected chi connectivity index (χ0v) is 28.1. The number of azo groups is 1. The number of alkyl halides is 2. The van der Waals surface area contributed by atoms with E-state index >= 15 is 0 Å². The van der Waals surface area contributed by atoms with E-state index in [9.17, 15) is 8.78 Å². The van der Waals surface area contributed by atoms with Crippen LogP contribution in [0.3, 0.4) is 0 Å². The first-order chi connectivity index (χ1) is 20.4. The van der Waals surface area contributed by atoms with Crippen molar-refractivity contribution in [2.75, 3.05) is 25.5 Å². The van der Waals surface area contributed by atoms with Crippen LogP contribution >= 0.6 is 25.3 Å². The Labute approximate surface area is 266 Å². The Morgan fingerprint density at radius 2 is 1.81 bits per heavy atom. The molecule has 2 aliphatic rings. The Kier molecular flexibility index (Phi) is 11.1. The lowest BCUT2D eigenvalue weighted by atomic mass is 9.76. The van der Waals surface area contributed by atoms with Gasteiger partial charge in [0.05, 0.1) is 21.0 Å². The van der Waals surface area contributed by atoms with Crippen LogP contribution in [0, 0.1) is 6.92 Å². The molecule has 0 spiro atoms. The number of aromatic nitrogens is 3. The molecular formula is C32H47F2N7S2. The summed E-state index contributed by atoms with van der Waals surface area (Å²) in [7, 11) is 1.69. The van der Waals surface area contributed by atoms with Gasteiger partial charge < -0.3 is 5.32 Å². The zero-order chi connectivity index (χ0) is 31.4. The van der Waals surface area contributed by atoms with Gasteiger partial charge in [0, 0.05) is 55.8 Å². The van der Waals surface area contributed by atoms with E-state index in [1.165, 1.54) is 26.2 Å². The van der Waals surface area contributed by atoms with Gasteiger partial charge in [-0.1, -0.05) is 19.9 Å². The lowest BCUT2D eigenvalue weighted by Crippen LogP contribution is -2.55. The number of benzene rings is 1. The van der Waals surface area contributed by atoms with Crippen LogP contribution in [0.25, 0.3) is 16.6 Å². The van der Waals surface area contributed by atoms with E-state index in [1.54, 1.807) is 7.05 Å². The molecule has 1 unspecified atom stereocenters. The molecular weight excluding hydrogens is 585 g/mol. The molecule has 1 atom stereocenters. The minimum atomic E-state index is -2.12. The van der Waals surface area contributed by atoms with Gasteiger partial charge in [-0.2, -0.15) is 35.5 Å². The topological polar surface area (TPSA) is 70.2 Å². The summed E-state index contributed by atoms with van der Waals surface area (Å²) in [6.45, 7) is 12.4. The largest absolute Gasteiger partial charge is 0.350 e. The van der Waals surface area contributed by atoms with Crippen molar-refractivity contribution in [1.29, 1.82) is 0 Å². The van der Waals surface area contributed by atoms with Gasteiger partial charge in [-0.15, -0.1) is 5.10 Å². The van der Waals surface area contributed by atoms with Crippen LogP contribution in [-0.4, -0.2) is 61.7 Å². The number of anilines is 1. The fourth-order valence-electron chi connectivity index (χ4n) is 6.22. The second-order valence-electron chi connectivity index (χ2n) is 12.3. The molecule has 1 saturated heterocycles. The number of piperidine rings is 1. The van der Waals surface area contributed by atoms with E-state index in [0.29, 0.717) is 17.5 Å². The van der Waals surface area contributed by atoms with Gasteiger partial charge in [0.2, 0.25) is 12.4 Å². The SMILES string of the molecule is CCC(F)F.CCC(c1nc(NC2CCN(C3(C)CCC3)CC2)nn2ccc(-c3ccc(N=NC)c(C)c3)c12)C(C)(S)S. The predicted octanol–water partition coefficient (Wildman–Crippen LogP) is 8.97. The third kappa shape index (κ3) is 7.89. The predicted molar refractivity (Wildman–Crippen MR) is 180 cm³/mol. The Morgan fingerprint density at radius 3 is 2.33 bits per heavy atom. The molecule has 2 fully saturated rings. The number of likely N-dealkylation sites (tertiary alicyclic amines) is 1. The average molecular weight is 632 g/mol. The van der Waals surface area contributed by atoms with Gasteiger partial charge >= 0.3 is 0 Å². The first kappa shape index (κ1) is 33.6. The van der Waals surface area contributed by atoms with Crippen LogP contribution in [0.15, 0.2) is 40.7 Å². The molecule has 3 aromatic rings. The average Bonchev–Trinajstić information content (AvgIpc) is 3.37. The molecule has 43 heavy (non-hydrogen) atoms. The maximum absolute atomic E-state index is 10.8. The molecule has 1 aliphatic heterocycles. The van der Waals surface area contributed by atoms with E-state index in [0.717, 1.165) is 65.9 Å². The maximum Gasteiger partial charge on any atom is 0.241 e. The van der Waals surface area contributed by atoms with Crippen molar-refractivity contribution < 1.29 is 8.78 Å². The summed E-state index contributed by atoms with van der Waals surface area (Å²) in [5, 5.41) is 16.8. The standard InChI is InChI=1S/C29H41N7S2.C3H6F2/c1-6-23(29(4,37)38)25-26-22(20-8-9-24(33-30-5)19(2)18-20)12-17-36(26)34-27(32-25)31-21-10-15-35(16-11-21)28(3)13-7-14-28;1-2-3(4)5/h8-9,12,17-18,21,23,37-38H,6-7,10-11,13-16H2,1-5H3,(H,31,34);3H,2H2,1H3. The molecule has 11 heteroatoms. The van der Waals surface area contributed by atoms with Crippen molar-refractivity contribution in [3.8, 4) is 11.1 Å². The summed E-state index contributed by atoms with van der Waals surface area (Å²) in [6, 6.07) is 8.78. The smallest absolute Gasteiger partial charge is 0.241 e. The van der Waals surface area contributed by atoms with Crippen LogP contribution in [0.1, 0.15) is 89.8 Å². The molecule has 3 heterocycles. The highest BCUT2D eigenvalue weighted by Gasteiger charge is 2.39. The number of aryl methyl sites for hydroxylation is 1. The maximum atomic E-state index is 10.8. The van der Waals surface area contributed by atoms with Gasteiger partial charge in [0.25, 0.3) is 0 Å². The van der Waals surface area contributed by atoms with E-state index in [-0.39, 0.29) is 12.3 Å². The van der Waals surface area contributed by atoms with E-state index in [2.05, 4.69) is 59.4 Å². The Bertz CT molecular complexity index is 1390. The summed E-state index contributed by atoms with van der Waals surface area (Å²) in [4.78, 5) is 7.86. The van der Waals surface area contributed by atoms with Crippen molar-refractivity contribution in [2.45, 2.75) is 108 Å². The molecule has 0 bridgehead atoms. The molecule has 7 nitrogen and oxygen atoms in total. The van der Waals surface area contributed by atoms with Crippen LogP contribution in [-0.2, 0) is 0 Å². The lowest BCUT2D eigenvalue weighted by Gasteiger charge is -2.50. The van der Waals surface area contributed by atoms with Gasteiger partial charge in [-0.25, -0.2) is 18.3 Å². The molecule has 1 aliphatic carbocycles. The molecule has 0 radical (unpaired) electrons. The first-order valence-electron chi connectivity index (χ1n) is 15.4. The van der Waals surface area contributed by atoms with E-state index < -0.39 is 10.5 Å². The van der Waals surface area contributed by atoms with Gasteiger partial charge in [0.1, 0.15) is 0 Å². The minimum absolute atomic E-state index is 0.0278. The minimum Gasteiger partial charge on any atom is -0.350 e. The Balaban J connectivity index is 0.000000782. The van der Waals surface area contributed by atoms with Crippen LogP contribution < -0.4 is 5.32 Å². The fraction of sp³-hybridized carbons (Fsp3) is 0.625. The third-order valence-electron chi connectivity index (χ3n) is 8.98. The number of nitrogens with zero attached hydrogens (tertiary/aromatic N) is 6. The molecule has 2 aromatic heterocycles. The Morgan fingerprint density at radius 1 is 1.14 bits per heavy atom. The third-order valence-corrected chi connectivity index (χ3v) is 9.61. The number of thiol groups is 2. The number of hydrogen-bond donors (Lipinski definition) is 3. The highest BCUT2D eigenvalue weighted by atomic mass is 32.2. The molecule has 5 rings (SSSR count). The van der Waals surface area contributed by atoms with E-state index in [4.69, 9.17) is 35.3 Å². The molecule has 1 saturated carbocycles. The van der Waals surface area contributed by atoms with Crippen LogP contribution in [0.2, 0.25) is 0 Å². The van der Waals surface area contributed by atoms with Gasteiger partial charge in [0.15, 0.2) is 0 Å². The zero-order valence-electron chi connectivity index (χ0n) is 26.3. The van der Waals surface area contributed by atoms with Crippen molar-refractivity contribution in [3.05, 3.63) is 41.7 Å². The van der Waals surface area contributed by atoms with Crippen molar-refractivity contribution in [3.63, 3.8) is 0 Å². The number of halogens is 2. The fourth-order valence-corrected chi connectivity index (χ4v) is 6.83. The summed E-state index contributed by atoms with van der Waals surface area (Å²) < 4.78 is 23.0. The van der Waals surface area contributed by atoms with Crippen LogP contribution in [0.5, 0.6) is 0 Å². The van der Waals surface area contributed by atoms with Crippen molar-refractivity contribution in [1.82, 2.24) is 19.5 Å². The second kappa shape index (κ2) is 14.2. The summed E-state index contributed by atoms with van der Waals surface area (Å²) in [5.74, 6) is 0.714. The van der Waals surface area contributed by atoms with Gasteiger partial charge in [-0.05, 0) is 88.6 Å². The van der Waals surface area contributed by atoms with Crippen molar-refractivity contribution >= 4 is 42.4 Å². The highest BCUT2D eigenvalue weighted by molar-refractivity contribution is 8.00. The number of fused-ring (bicyclic) bond motifs is 1. The quantitative estimate of drug-likeness (QED) is 0.125. The summed E-state index contributed by atoms with van der Waals surface area (Å²) in [5.41, 5.74) is 6.57. The monoisotopic (exact) mass is 631 g/mol. The number of rotatable bonds is 9. The summed E-state index contributed by atoms with van der Waals surface area (Å²) >= 11 is 9.77.